The Balaban J connectivity index is 2.33. The topological polar surface area (TPSA) is 42.3 Å². The molecule has 1 aliphatic rings. The van der Waals surface area contributed by atoms with E-state index < -0.39 is 0 Å². The summed E-state index contributed by atoms with van der Waals surface area (Å²) in [5.74, 6) is 0. The molecule has 0 amide bonds. The first-order chi connectivity index (χ1) is 9.87. The van der Waals surface area contributed by atoms with Gasteiger partial charge in [-0.25, -0.2) is 0 Å². The number of nitrogens with zero attached hydrogens (tertiary/aromatic N) is 3. The number of piperazine rings is 1. The first kappa shape index (κ1) is 18.4. The molecular weight excluding hydrogens is 260 g/mol. The average molecular weight is 294 g/mol. The number of rotatable bonds is 7. The minimum absolute atomic E-state index is 0.287. The first-order valence-electron chi connectivity index (χ1n) is 8.50. The highest BCUT2D eigenvalue weighted by atomic mass is 15.3. The molecule has 1 atom stereocenters. The van der Waals surface area contributed by atoms with E-state index in [4.69, 9.17) is 0 Å². The van der Waals surface area contributed by atoms with E-state index in [1.807, 2.05) is 0 Å². The van der Waals surface area contributed by atoms with Crippen molar-refractivity contribution in [3.8, 4) is 6.07 Å². The summed E-state index contributed by atoms with van der Waals surface area (Å²) >= 11 is 0. The molecular formula is C17H34N4. The molecule has 21 heavy (non-hydrogen) atoms. The summed E-state index contributed by atoms with van der Waals surface area (Å²) in [6.07, 6.45) is 2.94. The van der Waals surface area contributed by atoms with Crippen molar-refractivity contribution in [3.05, 3.63) is 0 Å². The fourth-order valence-electron chi connectivity index (χ4n) is 3.15. The molecule has 0 bridgehead atoms. The number of hydrogen-bond donors (Lipinski definition) is 1. The Bertz CT molecular complexity index is 334. The van der Waals surface area contributed by atoms with Crippen LogP contribution in [0.5, 0.6) is 0 Å². The van der Waals surface area contributed by atoms with Crippen LogP contribution in [0.15, 0.2) is 0 Å². The molecule has 0 spiro atoms. The van der Waals surface area contributed by atoms with Gasteiger partial charge in [-0.1, -0.05) is 13.8 Å². The molecule has 1 rings (SSSR count). The maximum atomic E-state index is 9.44. The second kappa shape index (κ2) is 8.12. The summed E-state index contributed by atoms with van der Waals surface area (Å²) in [7, 11) is 0. The van der Waals surface area contributed by atoms with Gasteiger partial charge in [0.25, 0.3) is 0 Å². The Hall–Kier alpha value is -0.630. The summed E-state index contributed by atoms with van der Waals surface area (Å²) in [5.41, 5.74) is -0.0305. The van der Waals surface area contributed by atoms with Crippen molar-refractivity contribution in [2.24, 2.45) is 0 Å². The van der Waals surface area contributed by atoms with Gasteiger partial charge in [-0.2, -0.15) is 5.26 Å². The maximum Gasteiger partial charge on any atom is 0.106 e. The van der Waals surface area contributed by atoms with Crippen LogP contribution in [-0.2, 0) is 0 Å². The van der Waals surface area contributed by atoms with Crippen LogP contribution in [0.4, 0.5) is 0 Å². The fourth-order valence-corrected chi connectivity index (χ4v) is 3.15. The van der Waals surface area contributed by atoms with Gasteiger partial charge >= 0.3 is 0 Å². The predicted molar refractivity (Wildman–Crippen MR) is 89.3 cm³/mol. The minimum Gasteiger partial charge on any atom is -0.301 e. The van der Waals surface area contributed by atoms with Crippen molar-refractivity contribution in [2.75, 3.05) is 39.3 Å². The van der Waals surface area contributed by atoms with Crippen LogP contribution in [0.2, 0.25) is 0 Å². The van der Waals surface area contributed by atoms with Crippen LogP contribution in [0, 0.1) is 11.3 Å². The van der Waals surface area contributed by atoms with Crippen molar-refractivity contribution >= 4 is 0 Å². The summed E-state index contributed by atoms with van der Waals surface area (Å²) in [6.45, 7) is 17.7. The van der Waals surface area contributed by atoms with Crippen LogP contribution < -0.4 is 5.32 Å². The molecule has 0 saturated carbocycles. The summed E-state index contributed by atoms with van der Waals surface area (Å²) in [5, 5.41) is 12.8. The van der Waals surface area contributed by atoms with Gasteiger partial charge in [0.15, 0.2) is 0 Å². The van der Waals surface area contributed by atoms with Crippen molar-refractivity contribution in [1.29, 1.82) is 5.26 Å². The van der Waals surface area contributed by atoms with E-state index in [1.165, 1.54) is 0 Å². The highest BCUT2D eigenvalue weighted by molar-refractivity contribution is 5.06. The van der Waals surface area contributed by atoms with E-state index in [0.717, 1.165) is 58.5 Å². The third-order valence-electron chi connectivity index (χ3n) is 4.73. The smallest absolute Gasteiger partial charge is 0.106 e. The minimum atomic E-state index is -0.317. The van der Waals surface area contributed by atoms with Gasteiger partial charge in [0.1, 0.15) is 5.54 Å². The van der Waals surface area contributed by atoms with Crippen LogP contribution in [0.25, 0.3) is 0 Å². The van der Waals surface area contributed by atoms with E-state index in [9.17, 15) is 5.26 Å². The van der Waals surface area contributed by atoms with Crippen LogP contribution in [0.1, 0.15) is 53.9 Å². The van der Waals surface area contributed by atoms with Gasteiger partial charge < -0.3 is 4.90 Å². The van der Waals surface area contributed by atoms with Crippen molar-refractivity contribution < 1.29 is 0 Å². The van der Waals surface area contributed by atoms with Gasteiger partial charge in [0.05, 0.1) is 6.07 Å². The zero-order valence-corrected chi connectivity index (χ0v) is 14.7. The lowest BCUT2D eigenvalue weighted by molar-refractivity contribution is 0.0609. The molecule has 4 nitrogen and oxygen atoms in total. The molecule has 0 aromatic heterocycles. The lowest BCUT2D eigenvalue weighted by Gasteiger charge is -2.42. The average Bonchev–Trinajstić information content (AvgIpc) is 2.46. The normalized spacial score (nSPS) is 21.0. The zero-order chi connectivity index (χ0) is 15.9. The largest absolute Gasteiger partial charge is 0.301 e. The van der Waals surface area contributed by atoms with E-state index in [1.54, 1.807) is 0 Å². The zero-order valence-electron chi connectivity index (χ0n) is 14.7. The van der Waals surface area contributed by atoms with E-state index >= 15 is 0 Å². The van der Waals surface area contributed by atoms with Gasteiger partial charge in [0, 0.05) is 31.7 Å². The molecule has 0 radical (unpaired) electrons. The SMILES string of the molecule is CCNC(C#N)(CC)CCCN1CCN(C(C)(C)C)CC1. The molecule has 1 unspecified atom stereocenters. The fraction of sp³-hybridized carbons (Fsp3) is 0.941. The Morgan fingerprint density at radius 2 is 1.71 bits per heavy atom. The number of nitrogens with one attached hydrogen (secondary N) is 1. The molecule has 1 aliphatic heterocycles. The van der Waals surface area contributed by atoms with E-state index in [2.05, 4.69) is 55.8 Å². The van der Waals surface area contributed by atoms with Crippen LogP contribution in [0.3, 0.4) is 0 Å². The molecule has 4 heteroatoms. The summed E-state index contributed by atoms with van der Waals surface area (Å²) < 4.78 is 0. The van der Waals surface area contributed by atoms with Crippen LogP contribution >= 0.6 is 0 Å². The molecule has 0 aromatic carbocycles. The highest BCUT2D eigenvalue weighted by Crippen LogP contribution is 2.19. The molecule has 1 heterocycles. The second-order valence-corrected chi connectivity index (χ2v) is 7.18. The summed E-state index contributed by atoms with van der Waals surface area (Å²) in [4.78, 5) is 5.11. The van der Waals surface area contributed by atoms with Gasteiger partial charge in [-0.15, -0.1) is 0 Å². The lowest BCUT2D eigenvalue weighted by Crippen LogP contribution is -2.53. The molecule has 0 aromatic rings. The van der Waals surface area contributed by atoms with E-state index in [-0.39, 0.29) is 11.1 Å². The van der Waals surface area contributed by atoms with Gasteiger partial charge in [-0.05, 0) is 53.1 Å². The maximum absolute atomic E-state index is 9.44. The molecule has 1 saturated heterocycles. The highest BCUT2D eigenvalue weighted by Gasteiger charge is 2.28. The lowest BCUT2D eigenvalue weighted by atomic mass is 9.92. The number of hydrogen-bond acceptors (Lipinski definition) is 4. The predicted octanol–water partition coefficient (Wildman–Crippen LogP) is 2.46. The Morgan fingerprint density at radius 1 is 1.10 bits per heavy atom. The standard InChI is InChI=1S/C17H34N4/c1-6-17(15-18,19-7-2)9-8-10-20-11-13-21(14-12-20)16(3,4)5/h19H,6-14H2,1-5H3. The first-order valence-corrected chi connectivity index (χ1v) is 8.50. The van der Waals surface area contributed by atoms with Crippen LogP contribution in [-0.4, -0.2) is 60.1 Å². The Morgan fingerprint density at radius 3 is 2.14 bits per heavy atom. The molecule has 122 valence electrons. The summed E-state index contributed by atoms with van der Waals surface area (Å²) in [6, 6.07) is 2.49. The second-order valence-electron chi connectivity index (χ2n) is 7.18. The van der Waals surface area contributed by atoms with Crippen molar-refractivity contribution in [2.45, 2.75) is 65.0 Å². The van der Waals surface area contributed by atoms with Gasteiger partial charge in [-0.3, -0.25) is 10.2 Å². The third-order valence-corrected chi connectivity index (χ3v) is 4.73. The Labute approximate surface area is 131 Å². The van der Waals surface area contributed by atoms with E-state index in [0.29, 0.717) is 0 Å². The van der Waals surface area contributed by atoms with Crippen molar-refractivity contribution in [3.63, 3.8) is 0 Å². The van der Waals surface area contributed by atoms with Crippen molar-refractivity contribution in [1.82, 2.24) is 15.1 Å². The quantitative estimate of drug-likeness (QED) is 0.783. The molecule has 1 N–H and O–H groups in total. The molecule has 1 fully saturated rings. The molecule has 0 aliphatic carbocycles. The monoisotopic (exact) mass is 294 g/mol. The third kappa shape index (κ3) is 5.58. The van der Waals surface area contributed by atoms with Gasteiger partial charge in [0.2, 0.25) is 0 Å². The Kier molecular flexibility index (Phi) is 7.12. The number of nitriles is 1.